The number of nitrogens with two attached hydrogens (primary N) is 4. The molecule has 18 heteroatoms. The van der Waals surface area contributed by atoms with E-state index in [0.717, 1.165) is 0 Å². The minimum atomic E-state index is -1.29. The highest BCUT2D eigenvalue weighted by Gasteiger charge is 2.15. The number of hydrogen-bond donors (Lipinski definition) is 10. The molecule has 0 unspecified atom stereocenters. The van der Waals surface area contributed by atoms with Crippen LogP contribution in [0.3, 0.4) is 0 Å². The zero-order chi connectivity index (χ0) is 26.7. The normalized spacial score (nSPS) is 13.5. The first-order valence-corrected chi connectivity index (χ1v) is 11.1. The maximum Gasteiger partial charge on any atom is 0.321 e. The summed E-state index contributed by atoms with van der Waals surface area (Å²) in [6.45, 7) is 0. The van der Waals surface area contributed by atoms with Gasteiger partial charge < -0.3 is 53.6 Å². The SMILES string of the molecule is N[C@@H](CC(=O)O)C(=O)O.N[C@@H](CCC(=O)O)C(=O)O.N[C@@H](CSSC[C@H](N)C(=O)O)C(=O)O. The van der Waals surface area contributed by atoms with Gasteiger partial charge in [-0.2, -0.15) is 0 Å². The number of carbonyl (C=O) groups is 6. The van der Waals surface area contributed by atoms with Gasteiger partial charge in [0, 0.05) is 17.9 Å². The Morgan fingerprint density at radius 1 is 0.545 bits per heavy atom. The molecule has 14 N–H and O–H groups in total. The highest BCUT2D eigenvalue weighted by atomic mass is 33.1. The molecule has 0 saturated carbocycles. The minimum Gasteiger partial charge on any atom is -0.481 e. The Kier molecular flexibility index (Phi) is 21.2. The third-order valence-corrected chi connectivity index (χ3v) is 5.38. The van der Waals surface area contributed by atoms with Gasteiger partial charge in [0.15, 0.2) is 0 Å². The Hall–Kier alpha value is -2.64. The van der Waals surface area contributed by atoms with E-state index in [2.05, 4.69) is 0 Å². The standard InChI is InChI=1S/C6H12N2O4S2.C5H9NO4.C4H7NO4/c7-3(5(9)10)1-13-14-2-4(8)6(11)12;6-3(5(9)10)1-2-4(7)8;5-2(4(8)9)1-3(6)7/h3-4H,1-2,7-8H2,(H,9,10)(H,11,12);3H,1-2,6H2,(H,7,8)(H,9,10);2H,1,5H2,(H,6,7)(H,8,9)/t3-,4-;3-;2-/m000/s1. The fourth-order valence-corrected chi connectivity index (χ4v) is 3.29. The average molecular weight is 521 g/mol. The third kappa shape index (κ3) is 25.5. The van der Waals surface area contributed by atoms with E-state index in [-0.39, 0.29) is 24.3 Å². The molecule has 0 fully saturated rings. The van der Waals surface area contributed by atoms with E-state index in [4.69, 9.17) is 53.6 Å². The van der Waals surface area contributed by atoms with Crippen molar-refractivity contribution >= 4 is 57.4 Å². The van der Waals surface area contributed by atoms with Crippen LogP contribution in [-0.2, 0) is 28.8 Å². The van der Waals surface area contributed by atoms with Crippen molar-refractivity contribution in [3.05, 3.63) is 0 Å². The van der Waals surface area contributed by atoms with E-state index in [1.165, 1.54) is 21.6 Å². The van der Waals surface area contributed by atoms with E-state index in [1.54, 1.807) is 0 Å². The van der Waals surface area contributed by atoms with Crippen molar-refractivity contribution in [3.63, 3.8) is 0 Å². The van der Waals surface area contributed by atoms with Crippen LogP contribution in [-0.4, -0.2) is 102 Å². The Morgan fingerprint density at radius 3 is 1.09 bits per heavy atom. The van der Waals surface area contributed by atoms with Gasteiger partial charge in [0.05, 0.1) is 6.42 Å². The van der Waals surface area contributed by atoms with Crippen LogP contribution in [0.25, 0.3) is 0 Å². The zero-order valence-electron chi connectivity index (χ0n) is 17.1. The summed E-state index contributed by atoms with van der Waals surface area (Å²) in [5.41, 5.74) is 20.3. The number of aliphatic carboxylic acids is 6. The van der Waals surface area contributed by atoms with E-state index in [9.17, 15) is 28.8 Å². The third-order valence-electron chi connectivity index (χ3n) is 2.91. The van der Waals surface area contributed by atoms with Crippen LogP contribution in [0, 0.1) is 0 Å². The van der Waals surface area contributed by atoms with E-state index in [1.807, 2.05) is 0 Å². The van der Waals surface area contributed by atoms with E-state index < -0.39 is 66.4 Å². The second kappa shape index (κ2) is 20.0. The highest BCUT2D eigenvalue weighted by molar-refractivity contribution is 8.76. The Morgan fingerprint density at radius 2 is 0.879 bits per heavy atom. The summed E-state index contributed by atoms with van der Waals surface area (Å²) in [5.74, 6) is -6.37. The molecule has 0 rings (SSSR count). The summed E-state index contributed by atoms with van der Waals surface area (Å²) < 4.78 is 0. The lowest BCUT2D eigenvalue weighted by Crippen LogP contribution is -2.33. The van der Waals surface area contributed by atoms with Crippen molar-refractivity contribution < 1.29 is 59.4 Å². The number of rotatable bonds is 14. The second-order valence-corrected chi connectivity index (χ2v) is 8.43. The largest absolute Gasteiger partial charge is 0.481 e. The van der Waals surface area contributed by atoms with Crippen molar-refractivity contribution in [3.8, 4) is 0 Å². The van der Waals surface area contributed by atoms with Crippen molar-refractivity contribution in [2.75, 3.05) is 11.5 Å². The molecule has 0 bridgehead atoms. The molecule has 0 aliphatic rings. The molecule has 0 aromatic heterocycles. The van der Waals surface area contributed by atoms with Crippen molar-refractivity contribution in [2.24, 2.45) is 22.9 Å². The lowest BCUT2D eigenvalue weighted by atomic mass is 10.2. The van der Waals surface area contributed by atoms with Crippen molar-refractivity contribution in [1.82, 2.24) is 0 Å². The van der Waals surface area contributed by atoms with Gasteiger partial charge in [-0.1, -0.05) is 21.6 Å². The molecule has 16 nitrogen and oxygen atoms in total. The first kappa shape index (κ1) is 35.0. The summed E-state index contributed by atoms with van der Waals surface area (Å²) in [4.78, 5) is 60.0. The van der Waals surface area contributed by atoms with Gasteiger partial charge in [0.2, 0.25) is 0 Å². The summed E-state index contributed by atoms with van der Waals surface area (Å²) in [5, 5.41) is 49.1. The van der Waals surface area contributed by atoms with Crippen molar-refractivity contribution in [2.45, 2.75) is 43.4 Å². The second-order valence-electron chi connectivity index (χ2n) is 5.88. The molecule has 0 aromatic rings. The molecule has 0 spiro atoms. The number of carboxylic acids is 6. The van der Waals surface area contributed by atoms with Crippen LogP contribution in [0.4, 0.5) is 0 Å². The molecular formula is C15H28N4O12S2. The van der Waals surface area contributed by atoms with Crippen molar-refractivity contribution in [1.29, 1.82) is 0 Å². The summed E-state index contributed by atoms with van der Waals surface area (Å²) in [6.07, 6.45) is -0.756. The van der Waals surface area contributed by atoms with Gasteiger partial charge in [-0.05, 0) is 6.42 Å². The summed E-state index contributed by atoms with van der Waals surface area (Å²) in [6, 6.07) is -4.19. The summed E-state index contributed by atoms with van der Waals surface area (Å²) >= 11 is 0. The quantitative estimate of drug-likeness (QED) is 0.0823. The molecule has 33 heavy (non-hydrogen) atoms. The smallest absolute Gasteiger partial charge is 0.321 e. The Labute approximate surface area is 195 Å². The van der Waals surface area contributed by atoms with Gasteiger partial charge in [-0.15, -0.1) is 0 Å². The molecule has 0 saturated heterocycles. The molecule has 192 valence electrons. The Bertz CT molecular complexity index is 645. The zero-order valence-corrected chi connectivity index (χ0v) is 18.7. The highest BCUT2D eigenvalue weighted by Crippen LogP contribution is 2.22. The first-order valence-electron chi connectivity index (χ1n) is 8.64. The predicted octanol–water partition coefficient (Wildman–Crippen LogP) is -2.67. The summed E-state index contributed by atoms with van der Waals surface area (Å²) in [7, 11) is 2.41. The maximum atomic E-state index is 10.3. The topological polar surface area (TPSA) is 328 Å². The number of carboxylic acid groups (broad SMARTS) is 6. The Balaban J connectivity index is -0.000000423. The van der Waals surface area contributed by atoms with E-state index in [0.29, 0.717) is 0 Å². The van der Waals surface area contributed by atoms with Crippen LogP contribution in [0.15, 0.2) is 0 Å². The van der Waals surface area contributed by atoms with Crippen LogP contribution < -0.4 is 22.9 Å². The molecule has 4 atom stereocenters. The average Bonchev–Trinajstić information content (AvgIpc) is 2.68. The maximum absolute atomic E-state index is 10.3. The molecule has 0 aromatic carbocycles. The van der Waals surface area contributed by atoms with Gasteiger partial charge in [-0.25, -0.2) is 0 Å². The van der Waals surface area contributed by atoms with Gasteiger partial charge in [-0.3, -0.25) is 28.8 Å². The molecular weight excluding hydrogens is 492 g/mol. The lowest BCUT2D eigenvalue weighted by Gasteiger charge is -2.07. The van der Waals surface area contributed by atoms with Crippen LogP contribution >= 0.6 is 21.6 Å². The van der Waals surface area contributed by atoms with Gasteiger partial charge >= 0.3 is 35.8 Å². The van der Waals surface area contributed by atoms with Crippen LogP contribution in [0.2, 0.25) is 0 Å². The van der Waals surface area contributed by atoms with Gasteiger partial charge in [0.25, 0.3) is 0 Å². The van der Waals surface area contributed by atoms with Crippen LogP contribution in [0.5, 0.6) is 0 Å². The fraction of sp³-hybridized carbons (Fsp3) is 0.600. The molecule has 0 radical (unpaired) electrons. The molecule has 0 amide bonds. The first-order chi connectivity index (χ1) is 15.0. The van der Waals surface area contributed by atoms with Crippen LogP contribution in [0.1, 0.15) is 19.3 Å². The fourth-order valence-electron chi connectivity index (χ4n) is 1.06. The molecule has 0 heterocycles. The van der Waals surface area contributed by atoms with E-state index >= 15 is 0 Å². The lowest BCUT2D eigenvalue weighted by molar-refractivity contribution is -0.144. The monoisotopic (exact) mass is 520 g/mol. The predicted molar refractivity (Wildman–Crippen MR) is 116 cm³/mol. The minimum absolute atomic E-state index is 0.0231. The number of hydrogen-bond acceptors (Lipinski definition) is 12. The molecule has 0 aliphatic heterocycles. The molecule has 0 aliphatic carbocycles. The van der Waals surface area contributed by atoms with Gasteiger partial charge in [0.1, 0.15) is 24.2 Å².